The van der Waals surface area contributed by atoms with Crippen molar-refractivity contribution < 1.29 is 27.5 Å². The fraction of sp³-hybridized carbons (Fsp3) is 0.0769. The van der Waals surface area contributed by atoms with Gasteiger partial charge in [-0.15, -0.1) is 11.3 Å². The zero-order valence-electron chi connectivity index (χ0n) is 10.6. The summed E-state index contributed by atoms with van der Waals surface area (Å²) in [6.07, 6.45) is -3.40. The molecule has 3 aromatic rings. The van der Waals surface area contributed by atoms with Crippen molar-refractivity contribution in [1.82, 2.24) is 4.98 Å². The number of alkyl halides is 3. The van der Waals surface area contributed by atoms with E-state index in [0.29, 0.717) is 11.3 Å². The van der Waals surface area contributed by atoms with Crippen molar-refractivity contribution in [1.29, 1.82) is 0 Å². The number of aromatic carboxylic acids is 1. The van der Waals surface area contributed by atoms with Gasteiger partial charge < -0.3 is 15.3 Å². The summed E-state index contributed by atoms with van der Waals surface area (Å²) in [4.78, 5) is 14.6. The lowest BCUT2D eigenvalue weighted by Gasteiger charge is -2.10. The number of nitrogen functional groups attached to an aromatic ring is 1. The van der Waals surface area contributed by atoms with E-state index in [2.05, 4.69) is 4.98 Å². The molecule has 0 unspecified atom stereocenters. The van der Waals surface area contributed by atoms with Crippen LogP contribution >= 0.6 is 11.3 Å². The van der Waals surface area contributed by atoms with Crippen LogP contribution in [0.15, 0.2) is 28.9 Å². The predicted molar refractivity (Wildman–Crippen MR) is 73.7 cm³/mol. The molecule has 0 bridgehead atoms. The molecule has 5 nitrogen and oxygen atoms in total. The number of nitrogens with zero attached hydrogens (tertiary/aromatic N) is 1. The van der Waals surface area contributed by atoms with Gasteiger partial charge in [0, 0.05) is 5.39 Å². The van der Waals surface area contributed by atoms with Crippen LogP contribution < -0.4 is 5.73 Å². The van der Waals surface area contributed by atoms with Gasteiger partial charge in [-0.2, -0.15) is 13.2 Å². The Labute approximate surface area is 124 Å². The van der Waals surface area contributed by atoms with Gasteiger partial charge in [0.15, 0.2) is 5.76 Å². The number of anilines is 1. The van der Waals surface area contributed by atoms with E-state index in [1.165, 1.54) is 18.4 Å². The average Bonchev–Trinajstić information content (AvgIpc) is 3.05. The van der Waals surface area contributed by atoms with Crippen molar-refractivity contribution in [3.63, 3.8) is 0 Å². The first-order valence-corrected chi connectivity index (χ1v) is 6.68. The van der Waals surface area contributed by atoms with Gasteiger partial charge in [0.05, 0.1) is 17.5 Å². The fourth-order valence-electron chi connectivity index (χ4n) is 2.05. The lowest BCUT2D eigenvalue weighted by atomic mass is 10.1. The summed E-state index contributed by atoms with van der Waals surface area (Å²) >= 11 is 0.596. The van der Waals surface area contributed by atoms with E-state index in [9.17, 15) is 18.0 Å². The number of thiophene rings is 1. The molecule has 0 spiro atoms. The molecule has 0 saturated heterocycles. The zero-order chi connectivity index (χ0) is 16.1. The third-order valence-corrected chi connectivity index (χ3v) is 4.06. The third-order valence-electron chi connectivity index (χ3n) is 2.97. The number of carboxylic acid groups (broad SMARTS) is 1. The molecule has 0 radical (unpaired) electrons. The summed E-state index contributed by atoms with van der Waals surface area (Å²) in [6.45, 7) is 0. The first kappa shape index (κ1) is 14.4. The van der Waals surface area contributed by atoms with E-state index in [1.807, 2.05) is 0 Å². The maximum absolute atomic E-state index is 13.3. The van der Waals surface area contributed by atoms with Crippen LogP contribution in [0.3, 0.4) is 0 Å². The van der Waals surface area contributed by atoms with Crippen LogP contribution in [0.1, 0.15) is 15.2 Å². The summed E-state index contributed by atoms with van der Waals surface area (Å²) in [6, 6.07) is 3.78. The number of fused-ring (bicyclic) bond motifs is 1. The van der Waals surface area contributed by atoms with Crippen LogP contribution in [0.4, 0.5) is 18.9 Å². The Kier molecular flexibility index (Phi) is 3.10. The molecule has 0 aliphatic carbocycles. The number of hydrogen-bond donors (Lipinski definition) is 2. The van der Waals surface area contributed by atoms with Crippen molar-refractivity contribution in [2.45, 2.75) is 6.18 Å². The first-order chi connectivity index (χ1) is 10.3. The normalized spacial score (nSPS) is 12.0. The van der Waals surface area contributed by atoms with Gasteiger partial charge in [0.25, 0.3) is 0 Å². The molecule has 0 saturated carbocycles. The topological polar surface area (TPSA) is 89.4 Å². The standard InChI is InChI=1S/C13H7F3N2O3S/c14-13(15,16)5-4-6(7-2-1-3-21-7)18-11-8(5)9(17)10(22-11)12(19)20/h1-4H,17H2,(H,19,20). The average molecular weight is 328 g/mol. The second kappa shape index (κ2) is 4.73. The monoisotopic (exact) mass is 328 g/mol. The zero-order valence-corrected chi connectivity index (χ0v) is 11.5. The van der Waals surface area contributed by atoms with E-state index >= 15 is 0 Å². The third kappa shape index (κ3) is 2.19. The highest BCUT2D eigenvalue weighted by Crippen LogP contribution is 2.43. The largest absolute Gasteiger partial charge is 0.477 e. The smallest absolute Gasteiger partial charge is 0.417 e. The summed E-state index contributed by atoms with van der Waals surface area (Å²) in [5.41, 5.74) is 4.06. The molecule has 3 N–H and O–H groups in total. The van der Waals surface area contributed by atoms with Gasteiger partial charge in [-0.3, -0.25) is 0 Å². The van der Waals surface area contributed by atoms with Crippen LogP contribution in [0.25, 0.3) is 21.7 Å². The van der Waals surface area contributed by atoms with E-state index in [0.717, 1.165) is 6.07 Å². The van der Waals surface area contributed by atoms with Gasteiger partial charge in [-0.25, -0.2) is 9.78 Å². The van der Waals surface area contributed by atoms with Crippen LogP contribution in [-0.2, 0) is 6.18 Å². The summed E-state index contributed by atoms with van der Waals surface area (Å²) < 4.78 is 44.9. The van der Waals surface area contributed by atoms with Crippen LogP contribution in [0.5, 0.6) is 0 Å². The summed E-state index contributed by atoms with van der Waals surface area (Å²) in [5, 5.41) is 8.62. The number of nitrogens with two attached hydrogens (primary N) is 1. The highest BCUT2D eigenvalue weighted by Gasteiger charge is 2.36. The van der Waals surface area contributed by atoms with E-state index in [4.69, 9.17) is 15.3 Å². The van der Waals surface area contributed by atoms with E-state index in [1.54, 1.807) is 0 Å². The van der Waals surface area contributed by atoms with Crippen molar-refractivity contribution in [3.8, 4) is 11.5 Å². The number of halogens is 3. The van der Waals surface area contributed by atoms with Crippen LogP contribution in [0.2, 0.25) is 0 Å². The molecule has 0 fully saturated rings. The van der Waals surface area contributed by atoms with Crippen molar-refractivity contribution >= 4 is 33.2 Å². The van der Waals surface area contributed by atoms with E-state index in [-0.39, 0.29) is 21.2 Å². The molecule has 0 aliphatic rings. The Hall–Kier alpha value is -2.55. The van der Waals surface area contributed by atoms with Crippen LogP contribution in [-0.4, -0.2) is 16.1 Å². The molecule has 3 rings (SSSR count). The van der Waals surface area contributed by atoms with Gasteiger partial charge in [-0.1, -0.05) is 0 Å². The molecule has 3 heterocycles. The minimum absolute atomic E-state index is 0.0389. The second-order valence-corrected chi connectivity index (χ2v) is 5.36. The Morgan fingerprint density at radius 2 is 2.14 bits per heavy atom. The SMILES string of the molecule is Nc1c(C(=O)O)sc2nc(-c3ccco3)cc(C(F)(F)F)c12. The number of carbonyl (C=O) groups is 1. The quantitative estimate of drug-likeness (QED) is 0.745. The van der Waals surface area contributed by atoms with Gasteiger partial charge >= 0.3 is 12.1 Å². The minimum Gasteiger partial charge on any atom is -0.477 e. The predicted octanol–water partition coefficient (Wildman–Crippen LogP) is 3.86. The molecule has 9 heteroatoms. The minimum atomic E-state index is -4.70. The maximum Gasteiger partial charge on any atom is 0.417 e. The molecular weight excluding hydrogens is 321 g/mol. The number of furan rings is 1. The lowest BCUT2D eigenvalue weighted by molar-refractivity contribution is -0.136. The second-order valence-electron chi connectivity index (χ2n) is 4.36. The molecule has 22 heavy (non-hydrogen) atoms. The maximum atomic E-state index is 13.3. The molecule has 0 aromatic carbocycles. The van der Waals surface area contributed by atoms with E-state index < -0.39 is 28.8 Å². The highest BCUT2D eigenvalue weighted by molar-refractivity contribution is 7.21. The molecule has 0 amide bonds. The fourth-order valence-corrected chi connectivity index (χ4v) is 3.01. The number of rotatable bonds is 2. The molecule has 0 atom stereocenters. The number of hydrogen-bond acceptors (Lipinski definition) is 5. The van der Waals surface area contributed by atoms with Crippen molar-refractivity contribution in [2.75, 3.05) is 5.73 Å². The molecular formula is C13H7F3N2O3S. The highest BCUT2D eigenvalue weighted by atomic mass is 32.1. The van der Waals surface area contributed by atoms with Crippen molar-refractivity contribution in [2.24, 2.45) is 0 Å². The van der Waals surface area contributed by atoms with Gasteiger partial charge in [0.1, 0.15) is 15.4 Å². The number of aromatic nitrogens is 1. The van der Waals surface area contributed by atoms with Gasteiger partial charge in [0.2, 0.25) is 0 Å². The number of carboxylic acids is 1. The molecule has 0 aliphatic heterocycles. The molecule has 114 valence electrons. The summed E-state index contributed by atoms with van der Waals surface area (Å²) in [7, 11) is 0. The lowest BCUT2D eigenvalue weighted by Crippen LogP contribution is -2.08. The van der Waals surface area contributed by atoms with Crippen LogP contribution in [0, 0.1) is 0 Å². The summed E-state index contributed by atoms with van der Waals surface area (Å²) in [5.74, 6) is -1.25. The Morgan fingerprint density at radius 1 is 1.41 bits per heavy atom. The molecule has 3 aromatic heterocycles. The Balaban J connectivity index is 2.39. The Bertz CT molecular complexity index is 869. The Morgan fingerprint density at radius 3 is 2.68 bits per heavy atom. The van der Waals surface area contributed by atoms with Gasteiger partial charge in [-0.05, 0) is 18.2 Å². The first-order valence-electron chi connectivity index (χ1n) is 5.86. The van der Waals surface area contributed by atoms with Crippen molar-refractivity contribution in [3.05, 3.63) is 34.9 Å². The number of pyridine rings is 1.